The van der Waals surface area contributed by atoms with Crippen LogP contribution in [0.15, 0.2) is 53.9 Å². The van der Waals surface area contributed by atoms with Gasteiger partial charge >= 0.3 is 5.97 Å². The summed E-state index contributed by atoms with van der Waals surface area (Å²) in [6, 6.07) is 12.5. The van der Waals surface area contributed by atoms with E-state index in [0.29, 0.717) is 25.7 Å². The lowest BCUT2D eigenvalue weighted by atomic mass is 10.1. The Morgan fingerprint density at radius 1 is 1.18 bits per heavy atom. The van der Waals surface area contributed by atoms with Crippen LogP contribution in [0.3, 0.4) is 0 Å². The predicted octanol–water partition coefficient (Wildman–Crippen LogP) is 4.53. The first-order chi connectivity index (χ1) is 15.7. The molecule has 0 aliphatic carbocycles. The Morgan fingerprint density at radius 2 is 1.88 bits per heavy atom. The van der Waals surface area contributed by atoms with E-state index in [1.54, 1.807) is 53.8 Å². The minimum Gasteiger partial charge on any atom is -0.462 e. The number of aromatic nitrogens is 3. The summed E-state index contributed by atoms with van der Waals surface area (Å²) in [6.07, 6.45) is 0. The van der Waals surface area contributed by atoms with Gasteiger partial charge < -0.3 is 15.0 Å². The zero-order valence-electron chi connectivity index (χ0n) is 18.0. The van der Waals surface area contributed by atoms with E-state index in [-0.39, 0.29) is 24.6 Å². The van der Waals surface area contributed by atoms with Gasteiger partial charge in [0.25, 0.3) is 0 Å². The highest BCUT2D eigenvalue weighted by molar-refractivity contribution is 7.80. The number of thiol groups is 1. The number of benzene rings is 2. The van der Waals surface area contributed by atoms with Crippen LogP contribution < -0.4 is 10.2 Å². The number of carbonyl (C=O) groups excluding carboxylic acids is 2. The highest BCUT2D eigenvalue weighted by atomic mass is 32.1. The predicted molar refractivity (Wildman–Crippen MR) is 137 cm³/mol. The first-order valence-corrected chi connectivity index (χ1v) is 11.2. The van der Waals surface area contributed by atoms with Gasteiger partial charge in [0, 0.05) is 28.9 Å². The third kappa shape index (κ3) is 5.81. The van der Waals surface area contributed by atoms with Gasteiger partial charge in [-0.3, -0.25) is 19.6 Å². The van der Waals surface area contributed by atoms with E-state index in [1.807, 2.05) is 12.1 Å². The average Bonchev–Trinajstić information content (AvgIpc) is 3.11. The topological polar surface area (TPSA) is 95.2 Å². The molecule has 0 fully saturated rings. The number of hydrogen-bond acceptors (Lipinski definition) is 7. The number of esters is 1. The van der Waals surface area contributed by atoms with Crippen LogP contribution in [0.4, 0.5) is 11.4 Å². The number of H-pyrrole nitrogens is 2. The SMILES string of the molecule is C=C(C(=O)OCC)c1cc(N(C)CC(=O)Nc2cccc(-n3c(=S)[nH][nH]c3=S)c2)ccc1S. The number of carbonyl (C=O) groups is 2. The van der Waals surface area contributed by atoms with Gasteiger partial charge in [0.2, 0.25) is 5.91 Å². The van der Waals surface area contributed by atoms with Crippen molar-refractivity contribution in [2.24, 2.45) is 0 Å². The molecule has 0 aliphatic rings. The Balaban J connectivity index is 1.73. The Bertz CT molecular complexity index is 1300. The summed E-state index contributed by atoms with van der Waals surface area (Å²) in [7, 11) is 1.78. The fraction of sp³-hybridized carbons (Fsp3) is 0.182. The molecule has 0 radical (unpaired) electrons. The molecule has 0 unspecified atom stereocenters. The van der Waals surface area contributed by atoms with E-state index in [4.69, 9.17) is 29.2 Å². The summed E-state index contributed by atoms with van der Waals surface area (Å²) >= 11 is 14.9. The van der Waals surface area contributed by atoms with Crippen molar-refractivity contribution in [2.45, 2.75) is 11.8 Å². The molecule has 0 bridgehead atoms. The Kier molecular flexibility index (Phi) is 7.90. The fourth-order valence-electron chi connectivity index (χ4n) is 3.11. The number of nitrogens with zero attached hydrogens (tertiary/aromatic N) is 2. The van der Waals surface area contributed by atoms with Crippen molar-refractivity contribution in [1.29, 1.82) is 0 Å². The molecule has 2 aromatic carbocycles. The van der Waals surface area contributed by atoms with Crippen LogP contribution in [-0.4, -0.2) is 46.8 Å². The molecule has 11 heteroatoms. The first kappa shape index (κ1) is 24.5. The molecule has 0 saturated heterocycles. The second-order valence-corrected chi connectivity index (χ2v) is 8.31. The van der Waals surface area contributed by atoms with Crippen molar-refractivity contribution in [2.75, 3.05) is 30.4 Å². The lowest BCUT2D eigenvalue weighted by Crippen LogP contribution is -2.30. The highest BCUT2D eigenvalue weighted by Crippen LogP contribution is 2.27. The molecule has 8 nitrogen and oxygen atoms in total. The summed E-state index contributed by atoms with van der Waals surface area (Å²) in [5.74, 6) is -0.731. The van der Waals surface area contributed by atoms with Crippen LogP contribution in [-0.2, 0) is 14.3 Å². The van der Waals surface area contributed by atoms with E-state index in [0.717, 1.165) is 11.4 Å². The van der Waals surface area contributed by atoms with Crippen molar-refractivity contribution in [1.82, 2.24) is 14.8 Å². The number of ether oxygens (including phenoxy) is 1. The maximum Gasteiger partial charge on any atom is 0.338 e. The summed E-state index contributed by atoms with van der Waals surface area (Å²) in [4.78, 5) is 27.1. The highest BCUT2D eigenvalue weighted by Gasteiger charge is 2.16. The second-order valence-electron chi connectivity index (χ2n) is 7.05. The second kappa shape index (κ2) is 10.6. The molecular formula is C22H23N5O3S3. The number of hydrogen-bond donors (Lipinski definition) is 4. The van der Waals surface area contributed by atoms with Crippen LogP contribution >= 0.6 is 37.1 Å². The normalized spacial score (nSPS) is 10.5. The van der Waals surface area contributed by atoms with Crippen LogP contribution in [0.2, 0.25) is 0 Å². The van der Waals surface area contributed by atoms with Gasteiger partial charge in [-0.2, -0.15) is 0 Å². The monoisotopic (exact) mass is 501 g/mol. The third-order valence-corrected chi connectivity index (χ3v) is 5.68. The van der Waals surface area contributed by atoms with E-state index in [9.17, 15) is 9.59 Å². The molecule has 0 saturated carbocycles. The van der Waals surface area contributed by atoms with Gasteiger partial charge in [-0.05, 0) is 67.8 Å². The van der Waals surface area contributed by atoms with Crippen molar-refractivity contribution in [3.8, 4) is 5.69 Å². The lowest BCUT2D eigenvalue weighted by Gasteiger charge is -2.20. The summed E-state index contributed by atoms with van der Waals surface area (Å²) in [5.41, 5.74) is 2.81. The van der Waals surface area contributed by atoms with Crippen LogP contribution in [0.25, 0.3) is 11.3 Å². The van der Waals surface area contributed by atoms with Gasteiger partial charge in [-0.15, -0.1) is 12.6 Å². The first-order valence-electron chi connectivity index (χ1n) is 9.91. The number of rotatable bonds is 8. The van der Waals surface area contributed by atoms with E-state index in [2.05, 4.69) is 34.7 Å². The van der Waals surface area contributed by atoms with Crippen molar-refractivity contribution >= 4 is 65.9 Å². The van der Waals surface area contributed by atoms with Crippen molar-refractivity contribution < 1.29 is 14.3 Å². The fourth-order valence-corrected chi connectivity index (χ4v) is 3.93. The quantitative estimate of drug-likeness (QED) is 0.157. The summed E-state index contributed by atoms with van der Waals surface area (Å²) < 4.78 is 7.54. The maximum atomic E-state index is 12.7. The van der Waals surface area contributed by atoms with E-state index >= 15 is 0 Å². The molecule has 1 heterocycles. The Labute approximate surface area is 206 Å². The molecule has 0 aliphatic heterocycles. The average molecular weight is 502 g/mol. The van der Waals surface area contributed by atoms with Crippen LogP contribution in [0, 0.1) is 9.54 Å². The van der Waals surface area contributed by atoms with Gasteiger partial charge in [-0.25, -0.2) is 4.79 Å². The Morgan fingerprint density at radius 3 is 2.55 bits per heavy atom. The van der Waals surface area contributed by atoms with Gasteiger partial charge in [0.1, 0.15) is 0 Å². The molecule has 172 valence electrons. The molecule has 3 N–H and O–H groups in total. The van der Waals surface area contributed by atoms with E-state index in [1.165, 1.54) is 0 Å². The maximum absolute atomic E-state index is 12.7. The molecule has 0 atom stereocenters. The number of likely N-dealkylation sites (N-methyl/N-ethyl adjacent to an activating group) is 1. The molecule has 1 amide bonds. The lowest BCUT2D eigenvalue weighted by molar-refractivity contribution is -0.136. The minimum atomic E-state index is -0.507. The zero-order valence-corrected chi connectivity index (χ0v) is 20.6. The van der Waals surface area contributed by atoms with Crippen molar-refractivity contribution in [3.63, 3.8) is 0 Å². The molecular weight excluding hydrogens is 478 g/mol. The standard InChI is InChI=1S/C22H23N5O3S3/c1-4-30-20(29)13(2)17-11-15(8-9-18(17)31)26(3)12-19(28)23-14-6-5-7-16(10-14)27-21(32)24-25-22(27)33/h5-11,31H,2,4,12H2,1,3H3,(H,23,28)(H,24,32)(H,25,33). The van der Waals surface area contributed by atoms with E-state index < -0.39 is 5.97 Å². The van der Waals surface area contributed by atoms with Gasteiger partial charge in [-0.1, -0.05) is 12.6 Å². The van der Waals surface area contributed by atoms with Crippen LogP contribution in [0.1, 0.15) is 12.5 Å². The van der Waals surface area contributed by atoms with Gasteiger partial charge in [0.15, 0.2) is 9.54 Å². The number of aromatic amines is 2. The Hall–Kier alpha value is -3.15. The minimum absolute atomic E-state index is 0.0745. The van der Waals surface area contributed by atoms with Crippen LogP contribution in [0.5, 0.6) is 0 Å². The molecule has 33 heavy (non-hydrogen) atoms. The van der Waals surface area contributed by atoms with Crippen molar-refractivity contribution in [3.05, 3.63) is 64.1 Å². The number of nitrogens with one attached hydrogen (secondary N) is 3. The smallest absolute Gasteiger partial charge is 0.338 e. The number of anilines is 2. The summed E-state index contributed by atoms with van der Waals surface area (Å²) in [5, 5.41) is 8.45. The third-order valence-electron chi connectivity index (χ3n) is 4.72. The van der Waals surface area contributed by atoms with Gasteiger partial charge in [0.05, 0.1) is 24.4 Å². The largest absolute Gasteiger partial charge is 0.462 e. The summed E-state index contributed by atoms with van der Waals surface area (Å²) in [6.45, 7) is 5.88. The molecule has 1 aromatic heterocycles. The number of amides is 1. The molecule has 3 rings (SSSR count). The molecule has 3 aromatic rings. The zero-order chi connectivity index (χ0) is 24.1. The molecule has 0 spiro atoms.